The van der Waals surface area contributed by atoms with E-state index >= 15 is 0 Å². The van der Waals surface area contributed by atoms with Gasteiger partial charge in [-0.1, -0.05) is 6.07 Å². The van der Waals surface area contributed by atoms with Crippen molar-refractivity contribution in [3.8, 4) is 5.75 Å². The number of hydrogen-bond acceptors (Lipinski definition) is 2. The topological polar surface area (TPSA) is 46.2 Å². The van der Waals surface area contributed by atoms with E-state index in [2.05, 4.69) is 0 Å². The van der Waals surface area contributed by atoms with Crippen LogP contribution in [-0.2, 0) is 0 Å². The van der Waals surface area contributed by atoms with E-state index in [0.717, 1.165) is 12.1 Å². The lowest BCUT2D eigenvalue weighted by Gasteiger charge is -2.13. The van der Waals surface area contributed by atoms with Gasteiger partial charge < -0.3 is 10.8 Å². The Hall–Kier alpha value is -1.30. The second-order valence-electron chi connectivity index (χ2n) is 3.47. The van der Waals surface area contributed by atoms with E-state index in [0.29, 0.717) is 0 Å². The summed E-state index contributed by atoms with van der Waals surface area (Å²) in [6.45, 7) is 0. The molecule has 1 rings (SSSR count). The third-order valence-corrected chi connectivity index (χ3v) is 2.14. The van der Waals surface area contributed by atoms with Gasteiger partial charge in [-0.15, -0.1) is 0 Å². The lowest BCUT2D eigenvalue weighted by molar-refractivity contribution is -0.136. The van der Waals surface area contributed by atoms with Gasteiger partial charge in [0.25, 0.3) is 0 Å². The minimum atomic E-state index is -4.27. The largest absolute Gasteiger partial charge is 0.505 e. The van der Waals surface area contributed by atoms with Crippen LogP contribution >= 0.6 is 0 Å². The van der Waals surface area contributed by atoms with Crippen LogP contribution in [-0.4, -0.2) is 11.3 Å². The maximum Gasteiger partial charge on any atom is 0.389 e. The van der Waals surface area contributed by atoms with E-state index in [1.165, 1.54) is 6.07 Å². The van der Waals surface area contributed by atoms with E-state index in [1.54, 1.807) is 0 Å². The fraction of sp³-hybridized carbons (Fsp3) is 0.400. The maximum absolute atomic E-state index is 12.9. The normalized spacial score (nSPS) is 13.8. The maximum atomic E-state index is 12.9. The molecule has 0 bridgehead atoms. The number of rotatable bonds is 3. The fourth-order valence-corrected chi connectivity index (χ4v) is 1.24. The quantitative estimate of drug-likeness (QED) is 0.794. The van der Waals surface area contributed by atoms with E-state index < -0.39 is 30.2 Å². The van der Waals surface area contributed by atoms with Crippen molar-refractivity contribution in [2.45, 2.75) is 25.1 Å². The summed E-state index contributed by atoms with van der Waals surface area (Å²) in [5.74, 6) is -1.44. The highest BCUT2D eigenvalue weighted by molar-refractivity contribution is 5.29. The average Bonchev–Trinajstić information content (AvgIpc) is 2.17. The SMILES string of the molecule is N[C@H](CCC(F)(F)F)c1ccc(O)c(F)c1. The zero-order chi connectivity index (χ0) is 12.3. The number of halogens is 4. The smallest absolute Gasteiger partial charge is 0.389 e. The molecule has 0 radical (unpaired) electrons. The average molecular weight is 237 g/mol. The number of phenols is 1. The van der Waals surface area contributed by atoms with Crippen molar-refractivity contribution in [2.24, 2.45) is 5.73 Å². The molecule has 1 aromatic rings. The molecule has 2 nitrogen and oxygen atoms in total. The molecular weight excluding hydrogens is 226 g/mol. The van der Waals surface area contributed by atoms with Crippen molar-refractivity contribution < 1.29 is 22.7 Å². The molecule has 3 N–H and O–H groups in total. The third-order valence-electron chi connectivity index (χ3n) is 2.14. The molecule has 0 heterocycles. The lowest BCUT2D eigenvalue weighted by Crippen LogP contribution is -2.15. The Labute approximate surface area is 89.7 Å². The van der Waals surface area contributed by atoms with Crippen LogP contribution in [0, 0.1) is 5.82 Å². The number of nitrogens with two attached hydrogens (primary N) is 1. The first-order chi connectivity index (χ1) is 7.29. The van der Waals surface area contributed by atoms with Crippen molar-refractivity contribution in [2.75, 3.05) is 0 Å². The van der Waals surface area contributed by atoms with Crippen molar-refractivity contribution in [3.05, 3.63) is 29.6 Å². The molecule has 0 aliphatic carbocycles. The molecule has 6 heteroatoms. The van der Waals surface area contributed by atoms with Gasteiger partial charge in [-0.05, 0) is 24.1 Å². The van der Waals surface area contributed by atoms with Gasteiger partial charge in [-0.3, -0.25) is 0 Å². The molecule has 0 aromatic heterocycles. The fourth-order valence-electron chi connectivity index (χ4n) is 1.24. The summed E-state index contributed by atoms with van der Waals surface area (Å²) in [7, 11) is 0. The molecule has 0 aliphatic rings. The van der Waals surface area contributed by atoms with Crippen LogP contribution in [0.15, 0.2) is 18.2 Å². The number of hydrogen-bond donors (Lipinski definition) is 2. The highest BCUT2D eigenvalue weighted by Crippen LogP contribution is 2.27. The van der Waals surface area contributed by atoms with Crippen molar-refractivity contribution in [1.82, 2.24) is 0 Å². The van der Waals surface area contributed by atoms with Crippen LogP contribution < -0.4 is 5.73 Å². The van der Waals surface area contributed by atoms with Crippen LogP contribution in [0.5, 0.6) is 5.75 Å². The molecule has 1 aromatic carbocycles. The van der Waals surface area contributed by atoms with Crippen molar-refractivity contribution in [1.29, 1.82) is 0 Å². The molecule has 90 valence electrons. The summed E-state index contributed by atoms with van der Waals surface area (Å²) in [5, 5.41) is 8.89. The predicted molar refractivity (Wildman–Crippen MR) is 50.3 cm³/mol. The Morgan fingerprint density at radius 1 is 1.31 bits per heavy atom. The third kappa shape index (κ3) is 3.69. The first kappa shape index (κ1) is 12.8. The number of alkyl halides is 3. The van der Waals surface area contributed by atoms with Gasteiger partial charge in [-0.2, -0.15) is 13.2 Å². The standard InChI is InChI=1S/C10H11F4NO/c11-7-5-6(1-2-9(7)16)8(15)3-4-10(12,13)14/h1-2,5,8,16H,3-4,15H2/t8-/m1/s1. The number of phenolic OH excluding ortho intramolecular Hbond substituents is 1. The molecule has 0 spiro atoms. The second kappa shape index (κ2) is 4.69. The Morgan fingerprint density at radius 2 is 1.94 bits per heavy atom. The Morgan fingerprint density at radius 3 is 2.44 bits per heavy atom. The number of benzene rings is 1. The first-order valence-electron chi connectivity index (χ1n) is 4.60. The summed E-state index contributed by atoms with van der Waals surface area (Å²) in [6.07, 6.45) is -5.60. The molecule has 1 atom stereocenters. The Kier molecular flexibility index (Phi) is 3.74. The molecule has 0 fully saturated rings. The van der Waals surface area contributed by atoms with Gasteiger partial charge in [0.05, 0.1) is 0 Å². The van der Waals surface area contributed by atoms with Gasteiger partial charge in [0.1, 0.15) is 0 Å². The molecular formula is C10H11F4NO. The highest BCUT2D eigenvalue weighted by atomic mass is 19.4. The van der Waals surface area contributed by atoms with Crippen LogP contribution in [0.3, 0.4) is 0 Å². The van der Waals surface area contributed by atoms with Crippen LogP contribution in [0.25, 0.3) is 0 Å². The molecule has 0 saturated heterocycles. The Balaban J connectivity index is 2.66. The summed E-state index contributed by atoms with van der Waals surface area (Å²) < 4.78 is 48.6. The van der Waals surface area contributed by atoms with Gasteiger partial charge in [-0.25, -0.2) is 4.39 Å². The minimum Gasteiger partial charge on any atom is -0.505 e. The Bertz CT molecular complexity index is 364. The molecule has 16 heavy (non-hydrogen) atoms. The predicted octanol–water partition coefficient (Wildman–Crippen LogP) is 2.87. The molecule has 0 amide bonds. The summed E-state index contributed by atoms with van der Waals surface area (Å²) in [4.78, 5) is 0. The van der Waals surface area contributed by atoms with Crippen LogP contribution in [0.2, 0.25) is 0 Å². The van der Waals surface area contributed by atoms with Crippen molar-refractivity contribution >= 4 is 0 Å². The zero-order valence-corrected chi connectivity index (χ0v) is 8.26. The van der Waals surface area contributed by atoms with Gasteiger partial charge in [0.15, 0.2) is 11.6 Å². The van der Waals surface area contributed by atoms with Gasteiger partial charge in [0, 0.05) is 12.5 Å². The molecule has 0 saturated carbocycles. The summed E-state index contributed by atoms with van der Waals surface area (Å²) in [6, 6.07) is 2.42. The van der Waals surface area contributed by atoms with Crippen LogP contribution in [0.4, 0.5) is 17.6 Å². The van der Waals surface area contributed by atoms with E-state index in [1.807, 2.05) is 0 Å². The summed E-state index contributed by atoms with van der Waals surface area (Å²) in [5.41, 5.74) is 5.71. The summed E-state index contributed by atoms with van der Waals surface area (Å²) >= 11 is 0. The monoisotopic (exact) mass is 237 g/mol. The minimum absolute atomic E-state index is 0.236. The zero-order valence-electron chi connectivity index (χ0n) is 8.26. The second-order valence-corrected chi connectivity index (χ2v) is 3.47. The van der Waals surface area contributed by atoms with Gasteiger partial charge in [0.2, 0.25) is 0 Å². The first-order valence-corrected chi connectivity index (χ1v) is 4.60. The lowest BCUT2D eigenvalue weighted by atomic mass is 10.0. The van der Waals surface area contributed by atoms with Gasteiger partial charge >= 0.3 is 6.18 Å². The van der Waals surface area contributed by atoms with Crippen molar-refractivity contribution in [3.63, 3.8) is 0 Å². The molecule has 0 unspecified atom stereocenters. The van der Waals surface area contributed by atoms with E-state index in [4.69, 9.17) is 10.8 Å². The van der Waals surface area contributed by atoms with E-state index in [9.17, 15) is 17.6 Å². The van der Waals surface area contributed by atoms with E-state index in [-0.39, 0.29) is 12.0 Å². The molecule has 0 aliphatic heterocycles. The van der Waals surface area contributed by atoms with Crippen LogP contribution in [0.1, 0.15) is 24.4 Å². The highest BCUT2D eigenvalue weighted by Gasteiger charge is 2.27. The number of aromatic hydroxyl groups is 1.